The molecular formula is C12H20N2S. The summed E-state index contributed by atoms with van der Waals surface area (Å²) in [5.41, 5.74) is 7.01. The molecule has 84 valence electrons. The van der Waals surface area contributed by atoms with Crippen LogP contribution in [0.4, 0.5) is 0 Å². The van der Waals surface area contributed by atoms with Gasteiger partial charge in [0.05, 0.1) is 10.7 Å². The predicted octanol–water partition coefficient (Wildman–Crippen LogP) is 2.75. The first-order valence-electron chi connectivity index (χ1n) is 5.86. The zero-order chi connectivity index (χ0) is 10.8. The Balaban J connectivity index is 2.08. The van der Waals surface area contributed by atoms with E-state index in [9.17, 15) is 0 Å². The number of hydrogen-bond acceptors (Lipinski definition) is 3. The monoisotopic (exact) mass is 224 g/mol. The van der Waals surface area contributed by atoms with Crippen LogP contribution >= 0.6 is 11.3 Å². The van der Waals surface area contributed by atoms with Crippen LogP contribution in [0.25, 0.3) is 0 Å². The molecule has 0 atom stereocenters. The largest absolute Gasteiger partial charge is 0.326 e. The molecule has 0 radical (unpaired) electrons. The van der Waals surface area contributed by atoms with Gasteiger partial charge in [-0.05, 0) is 31.1 Å². The van der Waals surface area contributed by atoms with E-state index in [-0.39, 0.29) is 0 Å². The molecule has 1 aliphatic rings. The molecule has 1 heterocycles. The van der Waals surface area contributed by atoms with E-state index < -0.39 is 0 Å². The Morgan fingerprint density at radius 2 is 2.20 bits per heavy atom. The minimum atomic E-state index is 0.657. The Hall–Kier alpha value is -0.410. The van der Waals surface area contributed by atoms with Crippen molar-refractivity contribution in [1.29, 1.82) is 0 Å². The lowest BCUT2D eigenvalue weighted by Gasteiger charge is -2.02. The van der Waals surface area contributed by atoms with Gasteiger partial charge in [-0.2, -0.15) is 0 Å². The molecule has 0 bridgehead atoms. The molecule has 1 fully saturated rings. The van der Waals surface area contributed by atoms with Crippen LogP contribution in [0, 0.1) is 11.8 Å². The highest BCUT2D eigenvalue weighted by Crippen LogP contribution is 2.34. The van der Waals surface area contributed by atoms with Gasteiger partial charge in [-0.3, -0.25) is 0 Å². The standard InChI is InChI=1S/C12H20N2S/c1-8(2)5-10-11(7-13)15-12(14-10)6-9-3-4-9/h8-9H,3-7,13H2,1-2H3. The van der Waals surface area contributed by atoms with E-state index in [1.165, 1.54) is 34.8 Å². The van der Waals surface area contributed by atoms with Gasteiger partial charge in [-0.25, -0.2) is 4.98 Å². The molecule has 15 heavy (non-hydrogen) atoms. The summed E-state index contributed by atoms with van der Waals surface area (Å²) < 4.78 is 0. The zero-order valence-corrected chi connectivity index (χ0v) is 10.4. The van der Waals surface area contributed by atoms with Crippen molar-refractivity contribution in [2.75, 3.05) is 0 Å². The summed E-state index contributed by atoms with van der Waals surface area (Å²) in [7, 11) is 0. The molecule has 3 heteroatoms. The third-order valence-corrected chi connectivity index (χ3v) is 3.91. The molecule has 0 amide bonds. The highest BCUT2D eigenvalue weighted by molar-refractivity contribution is 7.11. The molecule has 1 saturated carbocycles. The van der Waals surface area contributed by atoms with E-state index in [1.807, 2.05) is 11.3 Å². The number of aromatic nitrogens is 1. The first kappa shape index (κ1) is 11.1. The van der Waals surface area contributed by atoms with Crippen LogP contribution in [0.3, 0.4) is 0 Å². The number of nitrogens with two attached hydrogens (primary N) is 1. The molecule has 0 aromatic carbocycles. The number of hydrogen-bond donors (Lipinski definition) is 1. The van der Waals surface area contributed by atoms with E-state index in [0.717, 1.165) is 12.3 Å². The molecule has 0 saturated heterocycles. The number of thiazole rings is 1. The number of rotatable bonds is 5. The normalized spacial score (nSPS) is 16.3. The van der Waals surface area contributed by atoms with Crippen LogP contribution in [0.5, 0.6) is 0 Å². The van der Waals surface area contributed by atoms with E-state index in [4.69, 9.17) is 10.7 Å². The Labute approximate surface area is 95.9 Å². The quantitative estimate of drug-likeness (QED) is 0.835. The summed E-state index contributed by atoms with van der Waals surface area (Å²) in [6.07, 6.45) is 5.07. The average molecular weight is 224 g/mol. The molecule has 1 aromatic rings. The van der Waals surface area contributed by atoms with Gasteiger partial charge in [0.25, 0.3) is 0 Å². The Kier molecular flexibility index (Phi) is 3.42. The smallest absolute Gasteiger partial charge is 0.0934 e. The third-order valence-electron chi connectivity index (χ3n) is 2.77. The van der Waals surface area contributed by atoms with Gasteiger partial charge in [0.15, 0.2) is 0 Å². The first-order valence-corrected chi connectivity index (χ1v) is 6.68. The van der Waals surface area contributed by atoms with Gasteiger partial charge in [0.2, 0.25) is 0 Å². The lowest BCUT2D eigenvalue weighted by atomic mass is 10.1. The minimum absolute atomic E-state index is 0.657. The highest BCUT2D eigenvalue weighted by Gasteiger charge is 2.23. The van der Waals surface area contributed by atoms with Gasteiger partial charge in [0.1, 0.15) is 0 Å². The van der Waals surface area contributed by atoms with Gasteiger partial charge < -0.3 is 5.73 Å². The molecule has 0 spiro atoms. The first-order chi connectivity index (χ1) is 7.19. The highest BCUT2D eigenvalue weighted by atomic mass is 32.1. The molecular weight excluding hydrogens is 204 g/mol. The van der Waals surface area contributed by atoms with Crippen molar-refractivity contribution in [3.63, 3.8) is 0 Å². The fourth-order valence-corrected chi connectivity index (χ4v) is 2.89. The van der Waals surface area contributed by atoms with Crippen molar-refractivity contribution in [2.45, 2.75) is 46.1 Å². The Bertz CT molecular complexity index is 326. The zero-order valence-electron chi connectivity index (χ0n) is 9.62. The molecule has 2 rings (SSSR count). The third kappa shape index (κ3) is 3.02. The van der Waals surface area contributed by atoms with E-state index >= 15 is 0 Å². The fourth-order valence-electron chi connectivity index (χ4n) is 1.80. The lowest BCUT2D eigenvalue weighted by molar-refractivity contribution is 0.631. The maximum Gasteiger partial charge on any atom is 0.0934 e. The predicted molar refractivity (Wildman–Crippen MR) is 65.0 cm³/mol. The summed E-state index contributed by atoms with van der Waals surface area (Å²) in [6.45, 7) is 5.13. The Morgan fingerprint density at radius 3 is 2.73 bits per heavy atom. The van der Waals surface area contributed by atoms with Crippen LogP contribution in [-0.2, 0) is 19.4 Å². The summed E-state index contributed by atoms with van der Waals surface area (Å²) in [5.74, 6) is 1.60. The minimum Gasteiger partial charge on any atom is -0.326 e. The van der Waals surface area contributed by atoms with Crippen LogP contribution in [-0.4, -0.2) is 4.98 Å². The van der Waals surface area contributed by atoms with E-state index in [1.54, 1.807) is 0 Å². The molecule has 1 aliphatic carbocycles. The summed E-state index contributed by atoms with van der Waals surface area (Å²) in [6, 6.07) is 0. The van der Waals surface area contributed by atoms with Gasteiger partial charge in [-0.1, -0.05) is 13.8 Å². The van der Waals surface area contributed by atoms with E-state index in [0.29, 0.717) is 12.5 Å². The molecule has 0 aliphatic heterocycles. The van der Waals surface area contributed by atoms with Crippen LogP contribution in [0.15, 0.2) is 0 Å². The summed E-state index contributed by atoms with van der Waals surface area (Å²) >= 11 is 1.83. The van der Waals surface area contributed by atoms with Gasteiger partial charge in [0, 0.05) is 17.8 Å². The fraction of sp³-hybridized carbons (Fsp3) is 0.750. The van der Waals surface area contributed by atoms with Crippen LogP contribution in [0.1, 0.15) is 42.3 Å². The second kappa shape index (κ2) is 4.62. The van der Waals surface area contributed by atoms with Crippen molar-refractivity contribution >= 4 is 11.3 Å². The van der Waals surface area contributed by atoms with Crippen molar-refractivity contribution < 1.29 is 0 Å². The molecule has 2 N–H and O–H groups in total. The van der Waals surface area contributed by atoms with Crippen molar-refractivity contribution in [2.24, 2.45) is 17.6 Å². The van der Waals surface area contributed by atoms with E-state index in [2.05, 4.69) is 13.8 Å². The maximum absolute atomic E-state index is 5.76. The lowest BCUT2D eigenvalue weighted by Crippen LogP contribution is -2.02. The van der Waals surface area contributed by atoms with Gasteiger partial charge >= 0.3 is 0 Å². The molecule has 1 aromatic heterocycles. The topological polar surface area (TPSA) is 38.9 Å². The SMILES string of the molecule is CC(C)Cc1nc(CC2CC2)sc1CN. The molecule has 2 nitrogen and oxygen atoms in total. The van der Waals surface area contributed by atoms with Crippen molar-refractivity contribution in [1.82, 2.24) is 4.98 Å². The summed E-state index contributed by atoms with van der Waals surface area (Å²) in [4.78, 5) is 6.04. The molecule has 0 unspecified atom stereocenters. The second-order valence-corrected chi connectivity index (χ2v) is 6.10. The summed E-state index contributed by atoms with van der Waals surface area (Å²) in [5, 5.41) is 1.31. The maximum atomic E-state index is 5.76. The van der Waals surface area contributed by atoms with Crippen LogP contribution < -0.4 is 5.73 Å². The average Bonchev–Trinajstić information content (AvgIpc) is 2.88. The Morgan fingerprint density at radius 1 is 1.47 bits per heavy atom. The van der Waals surface area contributed by atoms with Crippen molar-refractivity contribution in [3.05, 3.63) is 15.6 Å². The second-order valence-electron chi connectivity index (χ2n) is 4.93. The number of nitrogens with zero attached hydrogens (tertiary/aromatic N) is 1. The van der Waals surface area contributed by atoms with Gasteiger partial charge in [-0.15, -0.1) is 11.3 Å². The van der Waals surface area contributed by atoms with Crippen LogP contribution in [0.2, 0.25) is 0 Å². The van der Waals surface area contributed by atoms with Crippen molar-refractivity contribution in [3.8, 4) is 0 Å².